The normalized spacial score (nSPS) is 37.6. The Bertz CT molecular complexity index is 282. The average molecular weight is 238 g/mol. The zero-order valence-corrected chi connectivity index (χ0v) is 11.4. The van der Waals surface area contributed by atoms with Crippen molar-refractivity contribution in [2.24, 2.45) is 17.3 Å². The highest BCUT2D eigenvalue weighted by atomic mass is 16.2. The van der Waals surface area contributed by atoms with Crippen LogP contribution >= 0.6 is 0 Å². The molecule has 0 aromatic heterocycles. The first-order chi connectivity index (χ1) is 8.04. The van der Waals surface area contributed by atoms with Gasteiger partial charge in [-0.2, -0.15) is 0 Å². The fraction of sp³-hybridized carbons (Fsp3) is 0.929. The summed E-state index contributed by atoms with van der Waals surface area (Å²) in [5, 5.41) is 6.64. The Morgan fingerprint density at radius 2 is 2.18 bits per heavy atom. The molecule has 0 aromatic rings. The van der Waals surface area contributed by atoms with E-state index < -0.39 is 0 Å². The van der Waals surface area contributed by atoms with Gasteiger partial charge in [0.05, 0.1) is 5.41 Å². The molecule has 3 heteroatoms. The number of amides is 1. The SMILES string of the molecule is CC1CCC(NC(=O)C2(C(C)C)CCNC2)C1. The molecule has 1 heterocycles. The molecule has 0 bridgehead atoms. The van der Waals surface area contributed by atoms with Crippen LogP contribution in [0.5, 0.6) is 0 Å². The summed E-state index contributed by atoms with van der Waals surface area (Å²) in [4.78, 5) is 12.5. The summed E-state index contributed by atoms with van der Waals surface area (Å²) in [6.45, 7) is 8.45. The van der Waals surface area contributed by atoms with E-state index in [-0.39, 0.29) is 11.3 Å². The first kappa shape index (κ1) is 12.9. The lowest BCUT2D eigenvalue weighted by molar-refractivity contribution is -0.133. The molecule has 0 spiro atoms. The van der Waals surface area contributed by atoms with Crippen molar-refractivity contribution >= 4 is 5.91 Å². The van der Waals surface area contributed by atoms with Gasteiger partial charge in [-0.3, -0.25) is 4.79 Å². The van der Waals surface area contributed by atoms with Gasteiger partial charge in [-0.1, -0.05) is 20.8 Å². The van der Waals surface area contributed by atoms with Gasteiger partial charge in [0.2, 0.25) is 5.91 Å². The van der Waals surface area contributed by atoms with Gasteiger partial charge >= 0.3 is 0 Å². The zero-order chi connectivity index (χ0) is 12.5. The molecule has 2 rings (SSSR count). The Labute approximate surface area is 105 Å². The molecule has 2 aliphatic rings. The molecule has 98 valence electrons. The maximum absolute atomic E-state index is 12.5. The number of hydrogen-bond donors (Lipinski definition) is 2. The smallest absolute Gasteiger partial charge is 0.228 e. The maximum Gasteiger partial charge on any atom is 0.228 e. The second kappa shape index (κ2) is 4.97. The first-order valence-electron chi connectivity index (χ1n) is 7.06. The monoisotopic (exact) mass is 238 g/mol. The minimum atomic E-state index is -0.161. The first-order valence-corrected chi connectivity index (χ1v) is 7.06. The van der Waals surface area contributed by atoms with Crippen LogP contribution in [0.2, 0.25) is 0 Å². The van der Waals surface area contributed by atoms with Crippen molar-refractivity contribution in [3.05, 3.63) is 0 Å². The van der Waals surface area contributed by atoms with E-state index in [0.29, 0.717) is 12.0 Å². The molecule has 2 N–H and O–H groups in total. The molecule has 2 fully saturated rings. The highest BCUT2D eigenvalue weighted by Gasteiger charge is 2.44. The average Bonchev–Trinajstić information content (AvgIpc) is 2.87. The number of rotatable bonds is 3. The molecule has 1 amide bonds. The largest absolute Gasteiger partial charge is 0.353 e. The van der Waals surface area contributed by atoms with Crippen LogP contribution in [-0.2, 0) is 4.79 Å². The molecular formula is C14H26N2O. The van der Waals surface area contributed by atoms with Gasteiger partial charge in [0.25, 0.3) is 0 Å². The van der Waals surface area contributed by atoms with Crippen LogP contribution in [0.15, 0.2) is 0 Å². The summed E-state index contributed by atoms with van der Waals surface area (Å²) in [5.74, 6) is 1.48. The van der Waals surface area contributed by atoms with Gasteiger partial charge < -0.3 is 10.6 Å². The van der Waals surface area contributed by atoms with Crippen LogP contribution in [0.3, 0.4) is 0 Å². The van der Waals surface area contributed by atoms with Gasteiger partial charge in [0.1, 0.15) is 0 Å². The van der Waals surface area contributed by atoms with Crippen LogP contribution in [0.4, 0.5) is 0 Å². The number of carbonyl (C=O) groups is 1. The van der Waals surface area contributed by atoms with Crippen molar-refractivity contribution in [1.29, 1.82) is 0 Å². The zero-order valence-electron chi connectivity index (χ0n) is 11.4. The van der Waals surface area contributed by atoms with Gasteiger partial charge in [-0.05, 0) is 44.1 Å². The Balaban J connectivity index is 1.98. The van der Waals surface area contributed by atoms with E-state index >= 15 is 0 Å². The van der Waals surface area contributed by atoms with Crippen molar-refractivity contribution in [3.63, 3.8) is 0 Å². The van der Waals surface area contributed by atoms with Crippen molar-refractivity contribution in [2.75, 3.05) is 13.1 Å². The Morgan fingerprint density at radius 3 is 2.65 bits per heavy atom. The summed E-state index contributed by atoms with van der Waals surface area (Å²) in [6, 6.07) is 0.425. The Morgan fingerprint density at radius 1 is 1.41 bits per heavy atom. The van der Waals surface area contributed by atoms with Gasteiger partial charge in [0.15, 0.2) is 0 Å². The second-order valence-corrected chi connectivity index (χ2v) is 6.33. The molecule has 1 saturated carbocycles. The van der Waals surface area contributed by atoms with Crippen LogP contribution in [0, 0.1) is 17.3 Å². The van der Waals surface area contributed by atoms with Gasteiger partial charge in [-0.25, -0.2) is 0 Å². The van der Waals surface area contributed by atoms with Crippen LogP contribution < -0.4 is 10.6 Å². The van der Waals surface area contributed by atoms with Crippen LogP contribution in [0.1, 0.15) is 46.5 Å². The minimum absolute atomic E-state index is 0.161. The summed E-state index contributed by atoms with van der Waals surface area (Å²) in [6.07, 6.45) is 4.57. The van der Waals surface area contributed by atoms with E-state index in [1.165, 1.54) is 6.42 Å². The number of nitrogens with one attached hydrogen (secondary N) is 2. The fourth-order valence-corrected chi connectivity index (χ4v) is 3.33. The molecule has 3 unspecified atom stereocenters. The van der Waals surface area contributed by atoms with E-state index in [4.69, 9.17) is 0 Å². The highest BCUT2D eigenvalue weighted by molar-refractivity contribution is 5.83. The van der Waals surface area contributed by atoms with Crippen molar-refractivity contribution < 1.29 is 4.79 Å². The molecule has 3 atom stereocenters. The van der Waals surface area contributed by atoms with E-state index in [2.05, 4.69) is 31.4 Å². The van der Waals surface area contributed by atoms with Gasteiger partial charge in [-0.15, -0.1) is 0 Å². The highest BCUT2D eigenvalue weighted by Crippen LogP contribution is 2.35. The summed E-state index contributed by atoms with van der Waals surface area (Å²) in [7, 11) is 0. The molecule has 0 radical (unpaired) electrons. The van der Waals surface area contributed by atoms with Gasteiger partial charge in [0, 0.05) is 12.6 Å². The number of hydrogen-bond acceptors (Lipinski definition) is 2. The van der Waals surface area contributed by atoms with Crippen molar-refractivity contribution in [2.45, 2.75) is 52.5 Å². The lowest BCUT2D eigenvalue weighted by atomic mass is 9.75. The van der Waals surface area contributed by atoms with E-state index in [0.717, 1.165) is 38.3 Å². The van der Waals surface area contributed by atoms with Crippen LogP contribution in [0.25, 0.3) is 0 Å². The van der Waals surface area contributed by atoms with E-state index in [1.807, 2.05) is 0 Å². The molecule has 17 heavy (non-hydrogen) atoms. The molecule has 3 nitrogen and oxygen atoms in total. The maximum atomic E-state index is 12.5. The summed E-state index contributed by atoms with van der Waals surface area (Å²) in [5.41, 5.74) is -0.161. The van der Waals surface area contributed by atoms with Crippen molar-refractivity contribution in [3.8, 4) is 0 Å². The number of carbonyl (C=O) groups excluding carboxylic acids is 1. The Kier molecular flexibility index (Phi) is 3.76. The molecule has 1 saturated heterocycles. The third-order valence-corrected chi connectivity index (χ3v) is 4.78. The van der Waals surface area contributed by atoms with Crippen molar-refractivity contribution in [1.82, 2.24) is 10.6 Å². The molecule has 0 aromatic carbocycles. The second-order valence-electron chi connectivity index (χ2n) is 6.33. The quantitative estimate of drug-likeness (QED) is 0.789. The fourth-order valence-electron chi connectivity index (χ4n) is 3.33. The lowest BCUT2D eigenvalue weighted by Crippen LogP contribution is -2.48. The predicted octanol–water partition coefficient (Wildman–Crippen LogP) is 1.93. The van der Waals surface area contributed by atoms with E-state index in [9.17, 15) is 4.79 Å². The Hall–Kier alpha value is -0.570. The molecular weight excluding hydrogens is 212 g/mol. The molecule has 1 aliphatic carbocycles. The standard InChI is InChI=1S/C14H26N2O/c1-10(2)14(6-7-15-9-14)13(17)16-12-5-4-11(3)8-12/h10-12,15H,4-9H2,1-3H3,(H,16,17). The lowest BCUT2D eigenvalue weighted by Gasteiger charge is -2.32. The molecule has 1 aliphatic heterocycles. The topological polar surface area (TPSA) is 41.1 Å². The summed E-state index contributed by atoms with van der Waals surface area (Å²) < 4.78 is 0. The van der Waals surface area contributed by atoms with Crippen LogP contribution in [-0.4, -0.2) is 25.0 Å². The third kappa shape index (κ3) is 2.49. The third-order valence-electron chi connectivity index (χ3n) is 4.78. The van der Waals surface area contributed by atoms with E-state index in [1.54, 1.807) is 0 Å². The predicted molar refractivity (Wildman–Crippen MR) is 69.7 cm³/mol. The summed E-state index contributed by atoms with van der Waals surface area (Å²) >= 11 is 0. The minimum Gasteiger partial charge on any atom is -0.353 e.